The highest BCUT2D eigenvalue weighted by Gasteiger charge is 2.39. The Morgan fingerprint density at radius 1 is 0.900 bits per heavy atom. The fraction of sp³-hybridized carbons (Fsp3) is 0.192. The molecule has 0 saturated heterocycles. The molecule has 2 aliphatic rings. The Balaban J connectivity index is 1.39. The van der Waals surface area contributed by atoms with Crippen molar-refractivity contribution < 1.29 is 9.18 Å². The second-order valence-electron chi connectivity index (χ2n) is 8.34. The summed E-state index contributed by atoms with van der Waals surface area (Å²) in [6, 6.07) is 21.5. The number of carbonyl (C=O) groups is 1. The summed E-state index contributed by atoms with van der Waals surface area (Å²) >= 11 is 0. The van der Waals surface area contributed by atoms with E-state index in [1.54, 1.807) is 12.1 Å². The summed E-state index contributed by atoms with van der Waals surface area (Å²) in [6.07, 6.45) is 1.90. The minimum atomic E-state index is -0.186. The first-order valence-corrected chi connectivity index (χ1v) is 10.5. The first-order valence-electron chi connectivity index (χ1n) is 10.5. The highest BCUT2D eigenvalue weighted by molar-refractivity contribution is 6.10. The minimum absolute atomic E-state index is 0.00114. The molecule has 1 saturated carbocycles. The number of halogens is 1. The molecule has 3 nitrogen and oxygen atoms in total. The van der Waals surface area contributed by atoms with Gasteiger partial charge in [0.1, 0.15) is 5.82 Å². The highest BCUT2D eigenvalue weighted by atomic mass is 19.1. The zero-order valence-electron chi connectivity index (χ0n) is 16.4. The molecular formula is C26H21FN2O. The number of nitrogens with one attached hydrogen (secondary N) is 2. The van der Waals surface area contributed by atoms with Crippen molar-refractivity contribution in [1.29, 1.82) is 0 Å². The van der Waals surface area contributed by atoms with E-state index in [2.05, 4.69) is 34.6 Å². The summed E-state index contributed by atoms with van der Waals surface area (Å²) in [7, 11) is 0. The van der Waals surface area contributed by atoms with Crippen LogP contribution in [0.5, 0.6) is 0 Å². The maximum absolute atomic E-state index is 13.2. The summed E-state index contributed by atoms with van der Waals surface area (Å²) in [4.78, 5) is 16.0. The lowest BCUT2D eigenvalue weighted by atomic mass is 9.97. The summed E-state index contributed by atoms with van der Waals surface area (Å²) in [5.74, 6) is 0.740. The molecule has 4 heteroatoms. The van der Waals surface area contributed by atoms with Gasteiger partial charge in [0.2, 0.25) is 0 Å². The van der Waals surface area contributed by atoms with Crippen LogP contribution in [0.4, 0.5) is 4.39 Å². The summed E-state index contributed by atoms with van der Waals surface area (Å²) < 4.78 is 13.2. The van der Waals surface area contributed by atoms with E-state index in [0.717, 1.165) is 40.6 Å². The first kappa shape index (κ1) is 17.5. The van der Waals surface area contributed by atoms with Crippen molar-refractivity contribution >= 4 is 16.8 Å². The number of carbonyl (C=O) groups excluding carboxylic acids is 1. The molecule has 0 spiro atoms. The third kappa shape index (κ3) is 2.75. The molecule has 30 heavy (non-hydrogen) atoms. The Bertz CT molecular complexity index is 1290. The van der Waals surface area contributed by atoms with E-state index in [1.165, 1.54) is 16.7 Å². The van der Waals surface area contributed by atoms with Crippen LogP contribution < -0.4 is 5.32 Å². The predicted molar refractivity (Wildman–Crippen MR) is 116 cm³/mol. The number of hydrogen-bond donors (Lipinski definition) is 2. The third-order valence-electron chi connectivity index (χ3n) is 6.52. The minimum Gasteiger partial charge on any atom is -0.354 e. The van der Waals surface area contributed by atoms with Gasteiger partial charge in [-0.15, -0.1) is 0 Å². The molecular weight excluding hydrogens is 375 g/mol. The number of aromatic amines is 1. The fourth-order valence-electron chi connectivity index (χ4n) is 4.97. The molecule has 3 aromatic carbocycles. The van der Waals surface area contributed by atoms with Gasteiger partial charge in [-0.2, -0.15) is 0 Å². The third-order valence-corrected chi connectivity index (χ3v) is 6.52. The Morgan fingerprint density at radius 2 is 1.70 bits per heavy atom. The summed E-state index contributed by atoms with van der Waals surface area (Å²) in [6.45, 7) is 0.641. The molecule has 2 N–H and O–H groups in total. The van der Waals surface area contributed by atoms with Crippen molar-refractivity contribution in [2.75, 3.05) is 6.54 Å². The number of amides is 1. The SMILES string of the molecule is O=C1NCCc2c(-c3cccc(C4CC4c4ccc(F)cc4)c3)[nH]c3cccc1c23. The van der Waals surface area contributed by atoms with Crippen LogP contribution in [0.1, 0.15) is 45.3 Å². The molecule has 1 fully saturated rings. The van der Waals surface area contributed by atoms with Crippen LogP contribution in [0.15, 0.2) is 66.7 Å². The zero-order valence-corrected chi connectivity index (χ0v) is 16.4. The second-order valence-corrected chi connectivity index (χ2v) is 8.34. The van der Waals surface area contributed by atoms with Gasteiger partial charge in [-0.25, -0.2) is 4.39 Å². The quantitative estimate of drug-likeness (QED) is 0.470. The van der Waals surface area contributed by atoms with E-state index in [4.69, 9.17) is 0 Å². The molecule has 4 aromatic rings. The Kier molecular flexibility index (Phi) is 3.82. The molecule has 0 radical (unpaired) electrons. The lowest BCUT2D eigenvalue weighted by Gasteiger charge is -2.07. The molecule has 2 heterocycles. The van der Waals surface area contributed by atoms with Crippen molar-refractivity contribution in [2.45, 2.75) is 24.7 Å². The maximum atomic E-state index is 13.2. The zero-order chi connectivity index (χ0) is 20.2. The molecule has 1 aliphatic carbocycles. The van der Waals surface area contributed by atoms with Crippen molar-refractivity contribution in [3.05, 3.63) is 94.8 Å². The van der Waals surface area contributed by atoms with E-state index in [-0.39, 0.29) is 11.7 Å². The molecule has 2 unspecified atom stereocenters. The van der Waals surface area contributed by atoms with Gasteiger partial charge in [0, 0.05) is 28.7 Å². The highest BCUT2D eigenvalue weighted by Crippen LogP contribution is 2.55. The van der Waals surface area contributed by atoms with E-state index in [9.17, 15) is 9.18 Å². The number of rotatable bonds is 3. The lowest BCUT2D eigenvalue weighted by Crippen LogP contribution is -2.23. The van der Waals surface area contributed by atoms with Crippen LogP contribution in [-0.4, -0.2) is 17.4 Å². The van der Waals surface area contributed by atoms with Gasteiger partial charge in [0.15, 0.2) is 0 Å². The van der Waals surface area contributed by atoms with Crippen molar-refractivity contribution in [3.8, 4) is 11.3 Å². The van der Waals surface area contributed by atoms with E-state index < -0.39 is 0 Å². The summed E-state index contributed by atoms with van der Waals surface area (Å²) in [5.41, 5.74) is 7.75. The smallest absolute Gasteiger partial charge is 0.251 e. The van der Waals surface area contributed by atoms with Gasteiger partial charge in [-0.3, -0.25) is 4.79 Å². The van der Waals surface area contributed by atoms with Gasteiger partial charge in [-0.05, 0) is 77.3 Å². The Morgan fingerprint density at radius 3 is 2.57 bits per heavy atom. The maximum Gasteiger partial charge on any atom is 0.251 e. The van der Waals surface area contributed by atoms with Gasteiger partial charge >= 0.3 is 0 Å². The van der Waals surface area contributed by atoms with E-state index in [0.29, 0.717) is 18.4 Å². The topological polar surface area (TPSA) is 44.9 Å². The first-order chi connectivity index (χ1) is 14.7. The molecule has 148 valence electrons. The van der Waals surface area contributed by atoms with Crippen LogP contribution in [-0.2, 0) is 6.42 Å². The van der Waals surface area contributed by atoms with Gasteiger partial charge in [0.25, 0.3) is 5.91 Å². The molecule has 1 aromatic heterocycles. The average molecular weight is 396 g/mol. The van der Waals surface area contributed by atoms with Crippen LogP contribution in [0.3, 0.4) is 0 Å². The van der Waals surface area contributed by atoms with Gasteiger partial charge < -0.3 is 10.3 Å². The number of H-pyrrole nitrogens is 1. The van der Waals surface area contributed by atoms with Crippen LogP contribution >= 0.6 is 0 Å². The van der Waals surface area contributed by atoms with Crippen LogP contribution in [0.25, 0.3) is 22.2 Å². The standard InChI is InChI=1S/C26H21FN2O/c27-18-9-7-15(8-10-18)21-14-22(21)16-3-1-4-17(13-16)25-19-11-12-28-26(30)20-5-2-6-23(29-25)24(19)20/h1-10,13,21-22,29H,11-12,14H2,(H,28,30). The molecule has 2 atom stereocenters. The summed E-state index contributed by atoms with van der Waals surface area (Å²) in [5, 5.41) is 4.05. The molecule has 1 aliphatic heterocycles. The van der Waals surface area contributed by atoms with Gasteiger partial charge in [0.05, 0.1) is 0 Å². The Labute approximate surface area is 173 Å². The number of benzene rings is 3. The van der Waals surface area contributed by atoms with Crippen molar-refractivity contribution in [3.63, 3.8) is 0 Å². The van der Waals surface area contributed by atoms with Gasteiger partial charge in [-0.1, -0.05) is 36.4 Å². The van der Waals surface area contributed by atoms with Crippen LogP contribution in [0.2, 0.25) is 0 Å². The van der Waals surface area contributed by atoms with E-state index >= 15 is 0 Å². The molecule has 0 bridgehead atoms. The predicted octanol–water partition coefficient (Wildman–Crippen LogP) is 5.53. The second kappa shape index (κ2) is 6.56. The molecule has 6 rings (SSSR count). The van der Waals surface area contributed by atoms with Crippen molar-refractivity contribution in [1.82, 2.24) is 10.3 Å². The fourth-order valence-corrected chi connectivity index (χ4v) is 4.97. The monoisotopic (exact) mass is 396 g/mol. The lowest BCUT2D eigenvalue weighted by molar-refractivity contribution is 0.0957. The Hall–Kier alpha value is -3.40. The average Bonchev–Trinajstić information content (AvgIpc) is 3.51. The van der Waals surface area contributed by atoms with Crippen molar-refractivity contribution in [2.24, 2.45) is 0 Å². The van der Waals surface area contributed by atoms with Crippen LogP contribution in [0, 0.1) is 5.82 Å². The molecule has 1 amide bonds. The normalized spacial score (nSPS) is 20.1. The number of aromatic nitrogens is 1. The largest absolute Gasteiger partial charge is 0.354 e. The van der Waals surface area contributed by atoms with E-state index in [1.807, 2.05) is 30.3 Å². The number of hydrogen-bond acceptors (Lipinski definition) is 1.